The van der Waals surface area contributed by atoms with Gasteiger partial charge >= 0.3 is 0 Å². The van der Waals surface area contributed by atoms with Gasteiger partial charge in [0.15, 0.2) is 0 Å². The van der Waals surface area contributed by atoms with Crippen molar-refractivity contribution in [3.8, 4) is 28.4 Å². The number of methoxy groups -OCH3 is 2. The van der Waals surface area contributed by atoms with Crippen molar-refractivity contribution in [3.63, 3.8) is 0 Å². The molecule has 7 heteroatoms. The molecule has 1 N–H and O–H groups in total. The quantitative estimate of drug-likeness (QED) is 0.607. The lowest BCUT2D eigenvalue weighted by Crippen LogP contribution is -2.33. The topological polar surface area (TPSA) is 65.4 Å². The van der Waals surface area contributed by atoms with Crippen molar-refractivity contribution in [3.05, 3.63) is 59.2 Å². The number of ether oxygens (including phenoxy) is 2. The number of hydrogen-bond donors (Lipinski definition) is 1. The predicted octanol–water partition coefficient (Wildman–Crippen LogP) is 4.74. The summed E-state index contributed by atoms with van der Waals surface area (Å²) in [6.07, 6.45) is 0.825. The second-order valence-corrected chi connectivity index (χ2v) is 7.03. The van der Waals surface area contributed by atoms with Crippen molar-refractivity contribution < 1.29 is 14.3 Å². The van der Waals surface area contributed by atoms with Gasteiger partial charge < -0.3 is 14.8 Å². The summed E-state index contributed by atoms with van der Waals surface area (Å²) in [5.41, 5.74) is 2.36. The molecule has 0 unspecified atom stereocenters. The Morgan fingerprint density at radius 2 is 1.93 bits per heavy atom. The number of hydrogen-bond acceptors (Lipinski definition) is 4. The number of benzene rings is 2. The normalized spacial score (nSPS) is 11.8. The fourth-order valence-electron chi connectivity index (χ4n) is 2.89. The van der Waals surface area contributed by atoms with E-state index in [-0.39, 0.29) is 11.9 Å². The second kappa shape index (κ2) is 9.01. The maximum Gasteiger partial charge on any atom is 0.270 e. The van der Waals surface area contributed by atoms with E-state index in [2.05, 4.69) is 10.4 Å². The summed E-state index contributed by atoms with van der Waals surface area (Å²) in [5, 5.41) is 8.17. The summed E-state index contributed by atoms with van der Waals surface area (Å²) in [6.45, 7) is 3.98. The molecule has 0 saturated heterocycles. The minimum Gasteiger partial charge on any atom is -0.497 e. The number of nitrogens with zero attached hydrogens (tertiary/aromatic N) is 2. The van der Waals surface area contributed by atoms with E-state index in [1.165, 1.54) is 0 Å². The lowest BCUT2D eigenvalue weighted by atomic mass is 10.1. The summed E-state index contributed by atoms with van der Waals surface area (Å²) in [7, 11) is 3.18. The molecule has 3 rings (SSSR count). The summed E-state index contributed by atoms with van der Waals surface area (Å²) < 4.78 is 12.3. The first-order chi connectivity index (χ1) is 14.0. The largest absolute Gasteiger partial charge is 0.497 e. The molecule has 0 aliphatic rings. The molecule has 29 heavy (non-hydrogen) atoms. The van der Waals surface area contributed by atoms with E-state index in [1.54, 1.807) is 37.1 Å². The minimum absolute atomic E-state index is 0.0380. The third-order valence-electron chi connectivity index (χ3n) is 4.70. The number of nitrogens with one attached hydrogen (secondary N) is 1. The molecular weight excluding hydrogens is 390 g/mol. The van der Waals surface area contributed by atoms with Crippen molar-refractivity contribution >= 4 is 17.5 Å². The Balaban J connectivity index is 2.15. The maximum atomic E-state index is 13.0. The zero-order valence-corrected chi connectivity index (χ0v) is 17.7. The molecule has 0 saturated carbocycles. The van der Waals surface area contributed by atoms with Crippen LogP contribution < -0.4 is 14.8 Å². The summed E-state index contributed by atoms with van der Waals surface area (Å²) in [6, 6.07) is 14.5. The van der Waals surface area contributed by atoms with Crippen LogP contribution in [0.5, 0.6) is 11.5 Å². The van der Waals surface area contributed by atoms with E-state index in [0.29, 0.717) is 33.6 Å². The molecule has 152 valence electrons. The molecule has 0 bridgehead atoms. The zero-order valence-electron chi connectivity index (χ0n) is 16.9. The second-order valence-electron chi connectivity index (χ2n) is 6.63. The number of para-hydroxylation sites is 1. The molecule has 6 nitrogen and oxygen atoms in total. The molecule has 0 aliphatic carbocycles. The highest BCUT2D eigenvalue weighted by atomic mass is 35.5. The van der Waals surface area contributed by atoms with Gasteiger partial charge in [0, 0.05) is 17.7 Å². The van der Waals surface area contributed by atoms with Crippen LogP contribution >= 0.6 is 11.6 Å². The number of rotatable bonds is 7. The van der Waals surface area contributed by atoms with Gasteiger partial charge in [-0.2, -0.15) is 5.10 Å². The zero-order chi connectivity index (χ0) is 21.0. The van der Waals surface area contributed by atoms with Gasteiger partial charge in [-0.15, -0.1) is 0 Å². The Kier molecular flexibility index (Phi) is 6.44. The molecule has 3 aromatic rings. The summed E-state index contributed by atoms with van der Waals surface area (Å²) >= 11 is 6.39. The summed E-state index contributed by atoms with van der Waals surface area (Å²) in [5.74, 6) is 1.05. The number of aromatic nitrogens is 2. The highest BCUT2D eigenvalue weighted by Gasteiger charge is 2.21. The van der Waals surface area contributed by atoms with Crippen LogP contribution in [0.4, 0.5) is 0 Å². The van der Waals surface area contributed by atoms with E-state index in [9.17, 15) is 4.79 Å². The average molecular weight is 414 g/mol. The molecule has 0 aliphatic heterocycles. The van der Waals surface area contributed by atoms with E-state index in [0.717, 1.165) is 12.0 Å². The van der Waals surface area contributed by atoms with E-state index in [1.807, 2.05) is 44.2 Å². The van der Waals surface area contributed by atoms with Crippen LogP contribution in [0.1, 0.15) is 30.8 Å². The van der Waals surface area contributed by atoms with Crippen LogP contribution in [0.2, 0.25) is 5.02 Å². The van der Waals surface area contributed by atoms with Crippen molar-refractivity contribution in [1.82, 2.24) is 15.1 Å². The van der Waals surface area contributed by atoms with Crippen LogP contribution in [0.25, 0.3) is 16.9 Å². The van der Waals surface area contributed by atoms with Crippen molar-refractivity contribution in [2.24, 2.45) is 0 Å². The SMILES string of the molecule is CC[C@H](C)NC(=O)c1cc(-c2ccc(OC)cc2OC)nn1-c1ccccc1Cl. The third-order valence-corrected chi connectivity index (χ3v) is 5.02. The van der Waals surface area contributed by atoms with Crippen molar-refractivity contribution in [2.75, 3.05) is 14.2 Å². The maximum absolute atomic E-state index is 13.0. The lowest BCUT2D eigenvalue weighted by molar-refractivity contribution is 0.0931. The Bertz CT molecular complexity index is 1020. The Hall–Kier alpha value is -2.99. The predicted molar refractivity (Wildman–Crippen MR) is 114 cm³/mol. The van der Waals surface area contributed by atoms with Gasteiger partial charge in [0.2, 0.25) is 0 Å². The molecule has 1 aromatic heterocycles. The fraction of sp³-hybridized carbons (Fsp3) is 0.273. The molecule has 2 aromatic carbocycles. The van der Waals surface area contributed by atoms with Gasteiger partial charge in [0.05, 0.1) is 30.6 Å². The standard InChI is InChI=1S/C22H24ClN3O3/c1-5-14(2)24-22(27)20-13-18(16-11-10-15(28-3)12-21(16)29-4)25-26(20)19-9-7-6-8-17(19)23/h6-14H,5H2,1-4H3,(H,24,27)/t14-/m0/s1. The number of amides is 1. The van der Waals surface area contributed by atoms with E-state index < -0.39 is 0 Å². The van der Waals surface area contributed by atoms with E-state index in [4.69, 9.17) is 21.1 Å². The smallest absolute Gasteiger partial charge is 0.270 e. The fourth-order valence-corrected chi connectivity index (χ4v) is 3.11. The van der Waals surface area contributed by atoms with Crippen LogP contribution in [-0.2, 0) is 0 Å². The molecule has 1 heterocycles. The van der Waals surface area contributed by atoms with Crippen molar-refractivity contribution in [1.29, 1.82) is 0 Å². The first-order valence-electron chi connectivity index (χ1n) is 9.36. The minimum atomic E-state index is -0.217. The number of carbonyl (C=O) groups excluding carboxylic acids is 1. The Labute approximate surface area is 175 Å². The Morgan fingerprint density at radius 1 is 1.17 bits per heavy atom. The monoisotopic (exact) mass is 413 g/mol. The number of halogens is 1. The van der Waals surface area contributed by atoms with Crippen LogP contribution in [0, 0.1) is 0 Å². The van der Waals surface area contributed by atoms with Crippen molar-refractivity contribution in [2.45, 2.75) is 26.3 Å². The van der Waals surface area contributed by atoms with Gasteiger partial charge in [-0.1, -0.05) is 30.7 Å². The first kappa shape index (κ1) is 20.7. The first-order valence-corrected chi connectivity index (χ1v) is 9.74. The lowest BCUT2D eigenvalue weighted by Gasteiger charge is -2.13. The molecule has 1 atom stereocenters. The molecular formula is C22H24ClN3O3. The molecule has 1 amide bonds. The molecule has 0 radical (unpaired) electrons. The van der Waals surface area contributed by atoms with Crippen LogP contribution in [0.15, 0.2) is 48.5 Å². The van der Waals surface area contributed by atoms with E-state index >= 15 is 0 Å². The highest BCUT2D eigenvalue weighted by molar-refractivity contribution is 6.32. The van der Waals surface area contributed by atoms with Gasteiger partial charge in [-0.25, -0.2) is 4.68 Å². The third kappa shape index (κ3) is 4.38. The highest BCUT2D eigenvalue weighted by Crippen LogP contribution is 2.34. The van der Waals surface area contributed by atoms with Crippen LogP contribution in [0.3, 0.4) is 0 Å². The van der Waals surface area contributed by atoms with Crippen LogP contribution in [-0.4, -0.2) is 35.9 Å². The molecule has 0 spiro atoms. The van der Waals surface area contributed by atoms with Gasteiger partial charge in [-0.3, -0.25) is 4.79 Å². The number of carbonyl (C=O) groups is 1. The Morgan fingerprint density at radius 3 is 2.59 bits per heavy atom. The van der Waals surface area contributed by atoms with Gasteiger partial charge in [0.1, 0.15) is 17.2 Å². The average Bonchev–Trinajstić information content (AvgIpc) is 3.18. The van der Waals surface area contributed by atoms with Gasteiger partial charge in [-0.05, 0) is 43.7 Å². The molecule has 0 fully saturated rings. The summed E-state index contributed by atoms with van der Waals surface area (Å²) in [4.78, 5) is 13.0. The van der Waals surface area contributed by atoms with Gasteiger partial charge in [0.25, 0.3) is 5.91 Å².